The molecule has 0 spiro atoms. The molecule has 0 saturated heterocycles. The van der Waals surface area contributed by atoms with Crippen LogP contribution in [0.1, 0.15) is 11.1 Å². The SMILES string of the molecule is N#Cc1cncc(-c2cc(C#N)cc(Br)c2O)c1. The molecule has 0 aliphatic carbocycles. The molecule has 4 nitrogen and oxygen atoms in total. The van der Waals surface area contributed by atoms with Crippen LogP contribution < -0.4 is 0 Å². The Morgan fingerprint density at radius 3 is 2.44 bits per heavy atom. The number of aromatic hydroxyl groups is 1. The predicted molar refractivity (Wildman–Crippen MR) is 68.5 cm³/mol. The molecule has 1 heterocycles. The van der Waals surface area contributed by atoms with Crippen molar-refractivity contribution in [2.45, 2.75) is 0 Å². The molecule has 0 unspecified atom stereocenters. The smallest absolute Gasteiger partial charge is 0.137 e. The van der Waals surface area contributed by atoms with Gasteiger partial charge in [0.2, 0.25) is 0 Å². The zero-order valence-corrected chi connectivity index (χ0v) is 10.6. The highest BCUT2D eigenvalue weighted by Crippen LogP contribution is 2.36. The Morgan fingerprint density at radius 1 is 1.06 bits per heavy atom. The molecule has 5 heteroatoms. The van der Waals surface area contributed by atoms with E-state index in [4.69, 9.17) is 10.5 Å². The average molecular weight is 300 g/mol. The fraction of sp³-hybridized carbons (Fsp3) is 0. The second-order valence-electron chi connectivity index (χ2n) is 3.54. The Hall–Kier alpha value is -2.37. The number of phenols is 1. The molecule has 2 aromatic rings. The molecule has 0 radical (unpaired) electrons. The van der Waals surface area contributed by atoms with Crippen LogP contribution in [-0.2, 0) is 0 Å². The summed E-state index contributed by atoms with van der Waals surface area (Å²) < 4.78 is 0.430. The number of pyridine rings is 1. The molecule has 1 N–H and O–H groups in total. The van der Waals surface area contributed by atoms with Crippen molar-refractivity contribution in [3.05, 3.63) is 46.2 Å². The molecule has 18 heavy (non-hydrogen) atoms. The van der Waals surface area contributed by atoms with Crippen LogP contribution in [0.25, 0.3) is 11.1 Å². The number of halogens is 1. The third-order valence-corrected chi connectivity index (χ3v) is 2.98. The molecule has 0 bridgehead atoms. The molecule has 0 atom stereocenters. The standard InChI is InChI=1S/C13H6BrN3O/c14-12-3-8(4-15)2-11(13(12)18)10-1-9(5-16)6-17-7-10/h1-3,6-7,18H. The van der Waals surface area contributed by atoms with E-state index in [-0.39, 0.29) is 5.75 Å². The summed E-state index contributed by atoms with van der Waals surface area (Å²) in [7, 11) is 0. The minimum Gasteiger partial charge on any atom is -0.506 e. The van der Waals surface area contributed by atoms with Crippen molar-refractivity contribution >= 4 is 15.9 Å². The largest absolute Gasteiger partial charge is 0.506 e. The maximum Gasteiger partial charge on any atom is 0.137 e. The van der Waals surface area contributed by atoms with Crippen LogP contribution in [0, 0.1) is 22.7 Å². The predicted octanol–water partition coefficient (Wildman–Crippen LogP) is 2.96. The molecule has 1 aromatic heterocycles. The summed E-state index contributed by atoms with van der Waals surface area (Å²) >= 11 is 3.18. The number of nitrogens with zero attached hydrogens (tertiary/aromatic N) is 3. The van der Waals surface area contributed by atoms with Crippen LogP contribution in [0.3, 0.4) is 0 Å². The van der Waals surface area contributed by atoms with Gasteiger partial charge in [-0.3, -0.25) is 4.98 Å². The Bertz CT molecular complexity index is 698. The van der Waals surface area contributed by atoms with Crippen LogP contribution in [0.2, 0.25) is 0 Å². The number of aromatic nitrogens is 1. The van der Waals surface area contributed by atoms with E-state index in [9.17, 15) is 5.11 Å². The summed E-state index contributed by atoms with van der Waals surface area (Å²) in [5, 5.41) is 27.7. The van der Waals surface area contributed by atoms with Gasteiger partial charge in [0.25, 0.3) is 0 Å². The van der Waals surface area contributed by atoms with Gasteiger partial charge in [-0.1, -0.05) is 0 Å². The first-order valence-corrected chi connectivity index (χ1v) is 5.73. The topological polar surface area (TPSA) is 80.7 Å². The van der Waals surface area contributed by atoms with Gasteiger partial charge in [-0.05, 0) is 34.1 Å². The zero-order chi connectivity index (χ0) is 13.1. The Kier molecular flexibility index (Phi) is 3.27. The highest BCUT2D eigenvalue weighted by atomic mass is 79.9. The molecular formula is C13H6BrN3O. The van der Waals surface area contributed by atoms with E-state index in [0.717, 1.165) is 0 Å². The van der Waals surface area contributed by atoms with Crippen LogP contribution in [0.4, 0.5) is 0 Å². The van der Waals surface area contributed by atoms with E-state index < -0.39 is 0 Å². The molecule has 0 aliphatic rings. The van der Waals surface area contributed by atoms with Gasteiger partial charge in [0.15, 0.2) is 0 Å². The summed E-state index contributed by atoms with van der Waals surface area (Å²) in [5.41, 5.74) is 1.86. The monoisotopic (exact) mass is 299 g/mol. The maximum absolute atomic E-state index is 9.97. The van der Waals surface area contributed by atoms with Crippen molar-refractivity contribution < 1.29 is 5.11 Å². The first-order valence-electron chi connectivity index (χ1n) is 4.94. The Morgan fingerprint density at radius 2 is 1.78 bits per heavy atom. The van der Waals surface area contributed by atoms with Gasteiger partial charge in [-0.25, -0.2) is 0 Å². The number of nitriles is 2. The van der Waals surface area contributed by atoms with Crippen LogP contribution in [0.15, 0.2) is 35.1 Å². The Balaban J connectivity index is 2.67. The fourth-order valence-electron chi connectivity index (χ4n) is 1.53. The molecule has 1 aromatic carbocycles. The van der Waals surface area contributed by atoms with Crippen molar-refractivity contribution in [2.24, 2.45) is 0 Å². The van der Waals surface area contributed by atoms with E-state index in [2.05, 4.69) is 20.9 Å². The van der Waals surface area contributed by atoms with Crippen molar-refractivity contribution in [3.8, 4) is 29.0 Å². The number of benzene rings is 1. The average Bonchev–Trinajstić information content (AvgIpc) is 2.41. The van der Waals surface area contributed by atoms with E-state index in [1.54, 1.807) is 12.1 Å². The van der Waals surface area contributed by atoms with Gasteiger partial charge in [0, 0.05) is 23.5 Å². The Labute approximate surface area is 112 Å². The first-order chi connectivity index (χ1) is 8.65. The highest BCUT2D eigenvalue weighted by Gasteiger charge is 2.11. The van der Waals surface area contributed by atoms with Gasteiger partial charge in [-0.2, -0.15) is 10.5 Å². The van der Waals surface area contributed by atoms with Crippen LogP contribution in [-0.4, -0.2) is 10.1 Å². The maximum atomic E-state index is 9.97. The summed E-state index contributed by atoms with van der Waals surface area (Å²) in [4.78, 5) is 3.93. The fourth-order valence-corrected chi connectivity index (χ4v) is 1.99. The lowest BCUT2D eigenvalue weighted by Crippen LogP contribution is -1.86. The summed E-state index contributed by atoms with van der Waals surface area (Å²) in [6, 6.07) is 8.67. The van der Waals surface area contributed by atoms with Gasteiger partial charge >= 0.3 is 0 Å². The van der Waals surface area contributed by atoms with Crippen molar-refractivity contribution in [1.29, 1.82) is 10.5 Å². The number of phenolic OH excluding ortho intramolecular Hbond substituents is 1. The van der Waals surface area contributed by atoms with Crippen LogP contribution >= 0.6 is 15.9 Å². The summed E-state index contributed by atoms with van der Waals surface area (Å²) in [6.07, 6.45) is 2.97. The second-order valence-corrected chi connectivity index (χ2v) is 4.39. The zero-order valence-electron chi connectivity index (χ0n) is 9.05. The summed E-state index contributed by atoms with van der Waals surface area (Å²) in [6.45, 7) is 0. The van der Waals surface area contributed by atoms with E-state index in [1.807, 2.05) is 12.1 Å². The molecular weight excluding hydrogens is 294 g/mol. The third-order valence-electron chi connectivity index (χ3n) is 2.37. The first kappa shape index (κ1) is 12.1. The second kappa shape index (κ2) is 4.87. The third kappa shape index (κ3) is 2.17. The molecule has 86 valence electrons. The van der Waals surface area contributed by atoms with Gasteiger partial charge in [-0.15, -0.1) is 0 Å². The molecule has 0 aliphatic heterocycles. The molecule has 0 fully saturated rings. The highest BCUT2D eigenvalue weighted by molar-refractivity contribution is 9.10. The summed E-state index contributed by atoms with van der Waals surface area (Å²) in [5.74, 6) is 0.0193. The number of hydrogen-bond acceptors (Lipinski definition) is 4. The lowest BCUT2D eigenvalue weighted by Gasteiger charge is -2.07. The normalized spacial score (nSPS) is 9.50. The molecule has 0 saturated carbocycles. The minimum atomic E-state index is 0.0193. The van der Waals surface area contributed by atoms with Gasteiger partial charge in [0.1, 0.15) is 11.8 Å². The lowest BCUT2D eigenvalue weighted by molar-refractivity contribution is 0.474. The van der Waals surface area contributed by atoms with E-state index in [0.29, 0.717) is 26.7 Å². The van der Waals surface area contributed by atoms with Gasteiger partial charge in [0.05, 0.1) is 21.7 Å². The van der Waals surface area contributed by atoms with Crippen molar-refractivity contribution in [2.75, 3.05) is 0 Å². The number of rotatable bonds is 1. The van der Waals surface area contributed by atoms with Crippen LogP contribution in [0.5, 0.6) is 5.75 Å². The number of hydrogen-bond donors (Lipinski definition) is 1. The molecule has 0 amide bonds. The van der Waals surface area contributed by atoms with Gasteiger partial charge < -0.3 is 5.11 Å². The lowest BCUT2D eigenvalue weighted by atomic mass is 10.0. The van der Waals surface area contributed by atoms with E-state index >= 15 is 0 Å². The molecule has 2 rings (SSSR count). The van der Waals surface area contributed by atoms with Crippen molar-refractivity contribution in [1.82, 2.24) is 4.98 Å². The quantitative estimate of drug-likeness (QED) is 0.878. The minimum absolute atomic E-state index is 0.0193. The van der Waals surface area contributed by atoms with E-state index in [1.165, 1.54) is 18.5 Å². The van der Waals surface area contributed by atoms with Crippen molar-refractivity contribution in [3.63, 3.8) is 0 Å².